The Morgan fingerprint density at radius 1 is 0.821 bits per heavy atom. The summed E-state index contributed by atoms with van der Waals surface area (Å²) in [5, 5.41) is 0. The number of nitrogens with zero attached hydrogens (tertiary/aromatic N) is 3. The van der Waals surface area contributed by atoms with Gasteiger partial charge in [-0.05, 0) is 30.2 Å². The molecule has 0 atom stereocenters. The van der Waals surface area contributed by atoms with Gasteiger partial charge in [-0.15, -0.1) is 0 Å². The third kappa shape index (κ3) is 4.72. The van der Waals surface area contributed by atoms with Crippen LogP contribution in [0.3, 0.4) is 0 Å². The average molecular weight is 380 g/mol. The van der Waals surface area contributed by atoms with E-state index >= 15 is 0 Å². The number of anilines is 1. The summed E-state index contributed by atoms with van der Waals surface area (Å²) >= 11 is 0. The van der Waals surface area contributed by atoms with E-state index in [0.717, 1.165) is 70.3 Å². The number of para-hydroxylation sites is 2. The molecule has 1 amide bonds. The van der Waals surface area contributed by atoms with Gasteiger partial charge < -0.3 is 14.5 Å². The lowest BCUT2D eigenvalue weighted by Gasteiger charge is -2.34. The summed E-state index contributed by atoms with van der Waals surface area (Å²) in [6, 6.07) is 18.2. The van der Waals surface area contributed by atoms with E-state index in [9.17, 15) is 4.79 Å². The lowest BCUT2D eigenvalue weighted by molar-refractivity contribution is -0.118. The number of rotatable bonds is 7. The van der Waals surface area contributed by atoms with Crippen molar-refractivity contribution in [1.29, 1.82) is 0 Å². The molecule has 0 saturated carbocycles. The van der Waals surface area contributed by atoms with Crippen molar-refractivity contribution in [3.63, 3.8) is 0 Å². The predicted molar refractivity (Wildman–Crippen MR) is 112 cm³/mol. The molecular formula is C23H29N3O2. The molecule has 0 bridgehead atoms. The molecule has 1 saturated heterocycles. The van der Waals surface area contributed by atoms with Crippen LogP contribution in [-0.2, 0) is 11.2 Å². The Balaban J connectivity index is 1.15. The van der Waals surface area contributed by atoms with Crippen LogP contribution in [0.25, 0.3) is 0 Å². The van der Waals surface area contributed by atoms with Crippen molar-refractivity contribution < 1.29 is 9.53 Å². The first kappa shape index (κ1) is 19.0. The zero-order valence-corrected chi connectivity index (χ0v) is 16.4. The second kappa shape index (κ2) is 9.22. The van der Waals surface area contributed by atoms with Gasteiger partial charge in [0.25, 0.3) is 0 Å². The van der Waals surface area contributed by atoms with Crippen molar-refractivity contribution in [2.75, 3.05) is 57.3 Å². The van der Waals surface area contributed by atoms with Crippen LogP contribution in [0.1, 0.15) is 12.0 Å². The first-order valence-electron chi connectivity index (χ1n) is 10.3. The van der Waals surface area contributed by atoms with E-state index in [-0.39, 0.29) is 5.91 Å². The highest BCUT2D eigenvalue weighted by atomic mass is 16.5. The van der Waals surface area contributed by atoms with E-state index in [2.05, 4.69) is 28.0 Å². The van der Waals surface area contributed by atoms with Gasteiger partial charge in [-0.1, -0.05) is 36.4 Å². The largest absolute Gasteiger partial charge is 0.492 e. The summed E-state index contributed by atoms with van der Waals surface area (Å²) in [4.78, 5) is 19.5. The quantitative estimate of drug-likeness (QED) is 0.741. The summed E-state index contributed by atoms with van der Waals surface area (Å²) < 4.78 is 5.79. The minimum atomic E-state index is 0.253. The van der Waals surface area contributed by atoms with Crippen molar-refractivity contribution >= 4 is 11.6 Å². The van der Waals surface area contributed by atoms with Gasteiger partial charge in [0.05, 0.1) is 0 Å². The van der Waals surface area contributed by atoms with Crippen molar-refractivity contribution in [3.8, 4) is 5.75 Å². The molecule has 2 aromatic rings. The molecule has 0 radical (unpaired) electrons. The highest BCUT2D eigenvalue weighted by molar-refractivity contribution is 5.95. The number of hydrogen-bond acceptors (Lipinski definition) is 4. The van der Waals surface area contributed by atoms with Crippen LogP contribution in [0.4, 0.5) is 5.69 Å². The van der Waals surface area contributed by atoms with E-state index in [4.69, 9.17) is 4.74 Å². The van der Waals surface area contributed by atoms with Crippen LogP contribution in [0.5, 0.6) is 5.75 Å². The fourth-order valence-corrected chi connectivity index (χ4v) is 4.03. The summed E-state index contributed by atoms with van der Waals surface area (Å²) in [6.45, 7) is 7.48. The molecule has 5 heteroatoms. The third-order valence-corrected chi connectivity index (χ3v) is 5.71. The number of amides is 1. The van der Waals surface area contributed by atoms with Gasteiger partial charge in [-0.3, -0.25) is 9.69 Å². The zero-order valence-electron chi connectivity index (χ0n) is 16.4. The summed E-state index contributed by atoms with van der Waals surface area (Å²) in [7, 11) is 0. The van der Waals surface area contributed by atoms with Crippen LogP contribution >= 0.6 is 0 Å². The highest BCUT2D eigenvalue weighted by Crippen LogP contribution is 2.27. The smallest absolute Gasteiger partial charge is 0.228 e. The number of benzene rings is 2. The maximum Gasteiger partial charge on any atom is 0.228 e. The van der Waals surface area contributed by atoms with Gasteiger partial charge in [0.2, 0.25) is 5.91 Å². The van der Waals surface area contributed by atoms with Crippen molar-refractivity contribution in [2.24, 2.45) is 0 Å². The Hall–Kier alpha value is -2.37. The molecule has 28 heavy (non-hydrogen) atoms. The molecule has 5 nitrogen and oxygen atoms in total. The summed E-state index contributed by atoms with van der Waals surface area (Å²) in [5.74, 6) is 1.19. The number of carbonyl (C=O) groups excluding carboxylic acids is 1. The van der Waals surface area contributed by atoms with E-state index in [1.54, 1.807) is 0 Å². The molecule has 148 valence electrons. The van der Waals surface area contributed by atoms with E-state index in [1.165, 1.54) is 5.56 Å². The monoisotopic (exact) mass is 379 g/mol. The molecule has 0 N–H and O–H groups in total. The van der Waals surface area contributed by atoms with Gasteiger partial charge in [0, 0.05) is 57.9 Å². The molecule has 0 unspecified atom stereocenters. The van der Waals surface area contributed by atoms with E-state index in [1.807, 2.05) is 41.3 Å². The second-order valence-electron chi connectivity index (χ2n) is 7.52. The fourth-order valence-electron chi connectivity index (χ4n) is 4.03. The highest BCUT2D eigenvalue weighted by Gasteiger charge is 2.25. The summed E-state index contributed by atoms with van der Waals surface area (Å²) in [6.07, 6.45) is 1.58. The maximum absolute atomic E-state index is 12.7. The number of fused-ring (bicyclic) bond motifs is 1. The third-order valence-electron chi connectivity index (χ3n) is 5.71. The molecule has 1 fully saturated rings. The summed E-state index contributed by atoms with van der Waals surface area (Å²) in [5.41, 5.74) is 2.40. The fraction of sp³-hybridized carbons (Fsp3) is 0.435. The van der Waals surface area contributed by atoms with E-state index < -0.39 is 0 Å². The molecule has 0 aliphatic carbocycles. The number of carbonyl (C=O) groups is 1. The van der Waals surface area contributed by atoms with Crippen LogP contribution in [0, 0.1) is 0 Å². The average Bonchev–Trinajstić information content (AvgIpc) is 3.18. The molecule has 2 aliphatic rings. The number of piperazine rings is 1. The van der Waals surface area contributed by atoms with E-state index in [0.29, 0.717) is 6.42 Å². The first-order valence-corrected chi connectivity index (χ1v) is 10.3. The predicted octanol–water partition coefficient (Wildman–Crippen LogP) is 2.66. The molecule has 2 aromatic carbocycles. The number of ether oxygens (including phenoxy) is 1. The van der Waals surface area contributed by atoms with Crippen molar-refractivity contribution in [3.05, 3.63) is 60.2 Å². The minimum Gasteiger partial charge on any atom is -0.492 e. The maximum atomic E-state index is 12.7. The molecule has 0 spiro atoms. The first-order chi connectivity index (χ1) is 13.8. The lowest BCUT2D eigenvalue weighted by atomic mass is 10.2. The van der Waals surface area contributed by atoms with Gasteiger partial charge in [0.1, 0.15) is 12.4 Å². The standard InChI is InChI=1S/C23H29N3O2/c27-23(26-13-10-20-6-4-5-9-22(20)26)11-12-24-14-16-25(17-15-24)18-19-28-21-7-2-1-3-8-21/h1-9H,10-19H2. The molecule has 2 aliphatic heterocycles. The van der Waals surface area contributed by atoms with Gasteiger partial charge in [-0.25, -0.2) is 0 Å². The minimum absolute atomic E-state index is 0.253. The van der Waals surface area contributed by atoms with Crippen LogP contribution < -0.4 is 9.64 Å². The second-order valence-corrected chi connectivity index (χ2v) is 7.52. The normalized spacial score (nSPS) is 17.5. The van der Waals surface area contributed by atoms with Gasteiger partial charge in [-0.2, -0.15) is 0 Å². The molecular weight excluding hydrogens is 350 g/mol. The Bertz CT molecular complexity index is 772. The lowest BCUT2D eigenvalue weighted by Crippen LogP contribution is -2.48. The van der Waals surface area contributed by atoms with Crippen molar-refractivity contribution in [2.45, 2.75) is 12.8 Å². The van der Waals surface area contributed by atoms with Crippen LogP contribution in [0.2, 0.25) is 0 Å². The topological polar surface area (TPSA) is 36.0 Å². The Morgan fingerprint density at radius 2 is 1.50 bits per heavy atom. The molecule has 4 rings (SSSR count). The molecule has 2 heterocycles. The van der Waals surface area contributed by atoms with Crippen molar-refractivity contribution in [1.82, 2.24) is 9.80 Å². The number of hydrogen-bond donors (Lipinski definition) is 0. The Labute approximate surface area is 167 Å². The Kier molecular flexibility index (Phi) is 6.24. The Morgan fingerprint density at radius 3 is 2.29 bits per heavy atom. The van der Waals surface area contributed by atoms with Crippen LogP contribution in [-0.4, -0.2) is 68.1 Å². The zero-order chi connectivity index (χ0) is 19.2. The molecule has 0 aromatic heterocycles. The van der Waals surface area contributed by atoms with Crippen LogP contribution in [0.15, 0.2) is 54.6 Å². The SMILES string of the molecule is O=C(CCN1CCN(CCOc2ccccc2)CC1)N1CCc2ccccc21. The van der Waals surface area contributed by atoms with Gasteiger partial charge >= 0.3 is 0 Å². The van der Waals surface area contributed by atoms with Gasteiger partial charge in [0.15, 0.2) is 0 Å².